The Morgan fingerprint density at radius 3 is 2.47 bits per heavy atom. The van der Waals surface area contributed by atoms with Gasteiger partial charge in [0.25, 0.3) is 5.91 Å². The summed E-state index contributed by atoms with van der Waals surface area (Å²) in [5.74, 6) is -2.45. The standard InChI is InChI=1S/C26H19BrClN5O3/c1-15-6-7-16-13-17(23(28)31-22(16)12-15)14-29-33-26(36)25(35)32-21-5-3-2-4-20(21)24(34)30-19-10-8-18(27)9-11-19/h2-14H,1H3,(H,30,34)(H,32,35)(H,33,36)/b29-14+. The van der Waals surface area contributed by atoms with Crippen LogP contribution in [0.15, 0.2) is 82.4 Å². The lowest BCUT2D eigenvalue weighted by atomic mass is 10.1. The Balaban J connectivity index is 1.41. The lowest BCUT2D eigenvalue weighted by Crippen LogP contribution is -2.33. The minimum Gasteiger partial charge on any atom is -0.322 e. The Labute approximate surface area is 219 Å². The smallest absolute Gasteiger partial charge is 0.322 e. The summed E-state index contributed by atoms with van der Waals surface area (Å²) in [6.07, 6.45) is 1.30. The van der Waals surface area contributed by atoms with Crippen molar-refractivity contribution < 1.29 is 14.4 Å². The number of carbonyl (C=O) groups excluding carboxylic acids is 3. The maximum absolute atomic E-state index is 12.7. The van der Waals surface area contributed by atoms with E-state index < -0.39 is 17.7 Å². The van der Waals surface area contributed by atoms with Gasteiger partial charge in [-0.3, -0.25) is 14.4 Å². The first kappa shape index (κ1) is 25.0. The van der Waals surface area contributed by atoms with E-state index in [9.17, 15) is 14.4 Å². The number of aryl methyl sites for hydroxylation is 1. The van der Waals surface area contributed by atoms with Gasteiger partial charge < -0.3 is 10.6 Å². The quantitative estimate of drug-likeness (QED) is 0.132. The number of carbonyl (C=O) groups is 3. The molecule has 1 aromatic heterocycles. The third kappa shape index (κ3) is 6.12. The molecule has 4 aromatic rings. The molecule has 8 nitrogen and oxygen atoms in total. The van der Waals surface area contributed by atoms with E-state index in [1.807, 2.05) is 25.1 Å². The second-order valence-corrected chi connectivity index (χ2v) is 9.00. The summed E-state index contributed by atoms with van der Waals surface area (Å²) in [6, 6.07) is 20.9. The second-order valence-electron chi connectivity index (χ2n) is 7.72. The van der Waals surface area contributed by atoms with Crippen molar-refractivity contribution in [1.29, 1.82) is 0 Å². The molecule has 4 rings (SSSR count). The van der Waals surface area contributed by atoms with Gasteiger partial charge in [0.2, 0.25) is 0 Å². The van der Waals surface area contributed by atoms with Crippen molar-refractivity contribution in [2.75, 3.05) is 10.6 Å². The van der Waals surface area contributed by atoms with Gasteiger partial charge in [-0.05, 0) is 61.0 Å². The van der Waals surface area contributed by atoms with E-state index in [1.165, 1.54) is 18.3 Å². The Morgan fingerprint density at radius 2 is 1.69 bits per heavy atom. The first-order valence-corrected chi connectivity index (χ1v) is 11.8. The summed E-state index contributed by atoms with van der Waals surface area (Å²) in [4.78, 5) is 41.8. The number of fused-ring (bicyclic) bond motifs is 1. The van der Waals surface area contributed by atoms with Crippen LogP contribution in [0.5, 0.6) is 0 Å². The van der Waals surface area contributed by atoms with Crippen molar-refractivity contribution in [2.45, 2.75) is 6.92 Å². The molecule has 0 saturated heterocycles. The summed E-state index contributed by atoms with van der Waals surface area (Å²) in [6.45, 7) is 1.96. The number of nitrogens with zero attached hydrogens (tertiary/aromatic N) is 2. The number of hydrogen-bond donors (Lipinski definition) is 3. The number of pyridine rings is 1. The van der Waals surface area contributed by atoms with E-state index in [4.69, 9.17) is 11.6 Å². The van der Waals surface area contributed by atoms with Crippen LogP contribution in [0.3, 0.4) is 0 Å². The molecule has 0 radical (unpaired) electrons. The zero-order chi connectivity index (χ0) is 25.7. The number of halogens is 2. The van der Waals surface area contributed by atoms with Gasteiger partial charge >= 0.3 is 11.8 Å². The van der Waals surface area contributed by atoms with Crippen molar-refractivity contribution >= 4 is 73.7 Å². The number of anilines is 2. The number of rotatable bonds is 5. The average molecular weight is 565 g/mol. The maximum Gasteiger partial charge on any atom is 0.329 e. The molecule has 10 heteroatoms. The van der Waals surface area contributed by atoms with E-state index in [0.29, 0.717) is 11.3 Å². The Bertz CT molecular complexity index is 1510. The fourth-order valence-corrected chi connectivity index (χ4v) is 3.73. The van der Waals surface area contributed by atoms with Crippen LogP contribution in [0.2, 0.25) is 5.15 Å². The lowest BCUT2D eigenvalue weighted by molar-refractivity contribution is -0.136. The Kier molecular flexibility index (Phi) is 7.72. The maximum atomic E-state index is 12.7. The molecule has 0 aliphatic heterocycles. The molecule has 1 heterocycles. The second kappa shape index (κ2) is 11.1. The summed E-state index contributed by atoms with van der Waals surface area (Å²) in [7, 11) is 0. The SMILES string of the molecule is Cc1ccc2cc(/C=N/NC(=O)C(=O)Nc3ccccc3C(=O)Nc3ccc(Br)cc3)c(Cl)nc2c1. The third-order valence-corrected chi connectivity index (χ3v) is 5.88. The molecule has 3 aromatic carbocycles. The van der Waals surface area contributed by atoms with Crippen LogP contribution in [0.4, 0.5) is 11.4 Å². The van der Waals surface area contributed by atoms with E-state index in [2.05, 4.69) is 42.1 Å². The van der Waals surface area contributed by atoms with Gasteiger partial charge in [0.1, 0.15) is 5.15 Å². The van der Waals surface area contributed by atoms with E-state index in [-0.39, 0.29) is 16.4 Å². The predicted octanol–water partition coefficient (Wildman–Crippen LogP) is 5.30. The number of amides is 3. The highest BCUT2D eigenvalue weighted by Gasteiger charge is 2.18. The first-order valence-electron chi connectivity index (χ1n) is 10.7. The highest BCUT2D eigenvalue weighted by atomic mass is 79.9. The van der Waals surface area contributed by atoms with Crippen LogP contribution < -0.4 is 16.1 Å². The summed E-state index contributed by atoms with van der Waals surface area (Å²) in [5, 5.41) is 10.1. The fraction of sp³-hybridized carbons (Fsp3) is 0.0385. The molecular weight excluding hydrogens is 546 g/mol. The Morgan fingerprint density at radius 1 is 0.944 bits per heavy atom. The van der Waals surface area contributed by atoms with Gasteiger partial charge in [0.15, 0.2) is 0 Å². The molecule has 180 valence electrons. The molecule has 0 unspecified atom stereocenters. The third-order valence-electron chi connectivity index (χ3n) is 5.05. The molecule has 0 fully saturated rings. The van der Waals surface area contributed by atoms with E-state index in [0.717, 1.165) is 20.9 Å². The average Bonchev–Trinajstić information content (AvgIpc) is 2.86. The predicted molar refractivity (Wildman–Crippen MR) is 144 cm³/mol. The number of hydrazone groups is 1. The molecular formula is C26H19BrClN5O3. The van der Waals surface area contributed by atoms with Gasteiger partial charge in [-0.15, -0.1) is 0 Å². The minimum atomic E-state index is -1.02. The Hall–Kier alpha value is -4.08. The number of hydrogen-bond acceptors (Lipinski definition) is 5. The largest absolute Gasteiger partial charge is 0.329 e. The van der Waals surface area contributed by atoms with Crippen molar-refractivity contribution in [2.24, 2.45) is 5.10 Å². The fourth-order valence-electron chi connectivity index (χ4n) is 3.27. The van der Waals surface area contributed by atoms with Crippen molar-refractivity contribution in [3.8, 4) is 0 Å². The molecule has 0 aliphatic carbocycles. The van der Waals surface area contributed by atoms with Crippen LogP contribution in [-0.2, 0) is 9.59 Å². The molecule has 0 spiro atoms. The number of aromatic nitrogens is 1. The van der Waals surface area contributed by atoms with Crippen LogP contribution in [0, 0.1) is 6.92 Å². The molecule has 36 heavy (non-hydrogen) atoms. The lowest BCUT2D eigenvalue weighted by Gasteiger charge is -2.11. The first-order chi connectivity index (χ1) is 17.3. The highest BCUT2D eigenvalue weighted by molar-refractivity contribution is 9.10. The molecule has 3 N–H and O–H groups in total. The molecule has 0 aliphatic rings. The zero-order valence-corrected chi connectivity index (χ0v) is 21.2. The monoisotopic (exact) mass is 563 g/mol. The van der Waals surface area contributed by atoms with E-state index in [1.54, 1.807) is 42.5 Å². The molecule has 0 saturated carbocycles. The van der Waals surface area contributed by atoms with Crippen LogP contribution in [-0.4, -0.2) is 28.9 Å². The van der Waals surface area contributed by atoms with E-state index >= 15 is 0 Å². The molecule has 3 amide bonds. The van der Waals surface area contributed by atoms with Gasteiger partial charge in [-0.2, -0.15) is 5.10 Å². The number of para-hydroxylation sites is 1. The summed E-state index contributed by atoms with van der Waals surface area (Å²) in [5.41, 5.74) is 5.37. The van der Waals surface area contributed by atoms with Crippen molar-refractivity contribution in [1.82, 2.24) is 10.4 Å². The minimum absolute atomic E-state index is 0.174. The zero-order valence-electron chi connectivity index (χ0n) is 18.9. The topological polar surface area (TPSA) is 113 Å². The normalized spacial score (nSPS) is 10.9. The highest BCUT2D eigenvalue weighted by Crippen LogP contribution is 2.21. The van der Waals surface area contributed by atoms with Gasteiger partial charge in [0.05, 0.1) is 23.0 Å². The van der Waals surface area contributed by atoms with Crippen molar-refractivity contribution in [3.63, 3.8) is 0 Å². The van der Waals surface area contributed by atoms with Gasteiger partial charge in [-0.1, -0.05) is 51.8 Å². The summed E-state index contributed by atoms with van der Waals surface area (Å²) < 4.78 is 0.871. The van der Waals surface area contributed by atoms with Crippen LogP contribution >= 0.6 is 27.5 Å². The number of benzene rings is 3. The number of nitrogens with one attached hydrogen (secondary N) is 3. The molecule has 0 bridgehead atoms. The van der Waals surface area contributed by atoms with Crippen LogP contribution in [0.25, 0.3) is 10.9 Å². The van der Waals surface area contributed by atoms with Crippen molar-refractivity contribution in [3.05, 3.63) is 99.1 Å². The van der Waals surface area contributed by atoms with Gasteiger partial charge in [-0.25, -0.2) is 10.4 Å². The molecule has 0 atom stereocenters. The summed E-state index contributed by atoms with van der Waals surface area (Å²) >= 11 is 9.56. The van der Waals surface area contributed by atoms with Crippen LogP contribution in [0.1, 0.15) is 21.5 Å². The van der Waals surface area contributed by atoms with Gasteiger partial charge in [0, 0.05) is 21.1 Å².